The van der Waals surface area contributed by atoms with Crippen molar-refractivity contribution in [1.29, 1.82) is 0 Å². The minimum atomic E-state index is -0.507. The average molecular weight is 240 g/mol. The minimum absolute atomic E-state index is 0.00752. The minimum Gasteiger partial charge on any atom is -0.389 e. The molecule has 0 aliphatic rings. The molecule has 0 rings (SSSR count). The summed E-state index contributed by atoms with van der Waals surface area (Å²) in [5, 5.41) is 10.3. The molecule has 0 radical (unpaired) electrons. The predicted molar refractivity (Wildman–Crippen MR) is 72.8 cm³/mol. The average Bonchev–Trinajstić information content (AvgIpc) is 2.24. The smallest absolute Gasteiger partial charge is 0.0944 e. The molecule has 0 bridgehead atoms. The van der Waals surface area contributed by atoms with Crippen molar-refractivity contribution in [2.45, 2.75) is 72.5 Å². The highest BCUT2D eigenvalue weighted by molar-refractivity contribution is 5.09. The summed E-state index contributed by atoms with van der Waals surface area (Å²) in [6.07, 6.45) is 1.61. The summed E-state index contributed by atoms with van der Waals surface area (Å²) >= 11 is 0. The summed E-state index contributed by atoms with van der Waals surface area (Å²) in [6.45, 7) is 12.9. The normalized spacial score (nSPS) is 14.1. The van der Waals surface area contributed by atoms with Gasteiger partial charge in [-0.15, -0.1) is 0 Å². The van der Waals surface area contributed by atoms with Crippen LogP contribution in [0, 0.1) is 17.3 Å². The second-order valence-corrected chi connectivity index (χ2v) is 5.48. The van der Waals surface area contributed by atoms with Crippen LogP contribution in [0.15, 0.2) is 0 Å². The van der Waals surface area contributed by atoms with Crippen molar-refractivity contribution in [3.05, 3.63) is 0 Å². The highest BCUT2D eigenvalue weighted by Gasteiger charge is 2.34. The van der Waals surface area contributed by atoms with Crippen molar-refractivity contribution < 1.29 is 9.84 Å². The van der Waals surface area contributed by atoms with Crippen LogP contribution < -0.4 is 0 Å². The van der Waals surface area contributed by atoms with Gasteiger partial charge in [0.2, 0.25) is 0 Å². The van der Waals surface area contributed by atoms with Gasteiger partial charge in [0.15, 0.2) is 0 Å². The van der Waals surface area contributed by atoms with Crippen molar-refractivity contribution in [2.75, 3.05) is 6.61 Å². The maximum atomic E-state index is 10.3. The molecule has 0 saturated heterocycles. The van der Waals surface area contributed by atoms with Crippen molar-refractivity contribution >= 4 is 0 Å². The number of hydrogen-bond acceptors (Lipinski definition) is 2. The monoisotopic (exact) mass is 240 g/mol. The molecule has 1 atom stereocenters. The van der Waals surface area contributed by atoms with Gasteiger partial charge < -0.3 is 9.84 Å². The molecule has 0 aromatic heterocycles. The van der Waals surface area contributed by atoms with Gasteiger partial charge in [-0.2, -0.15) is 0 Å². The van der Waals surface area contributed by atoms with Gasteiger partial charge in [-0.05, 0) is 40.5 Å². The first-order valence-electron chi connectivity index (χ1n) is 6.63. The summed E-state index contributed by atoms with van der Waals surface area (Å²) in [7, 11) is 0. The predicted octanol–water partition coefficient (Wildman–Crippen LogP) is 3.38. The second-order valence-electron chi connectivity index (χ2n) is 5.48. The van der Waals surface area contributed by atoms with Crippen LogP contribution in [0.1, 0.15) is 60.8 Å². The Kier molecular flexibility index (Phi) is 6.82. The molecule has 2 nitrogen and oxygen atoms in total. The second kappa shape index (κ2) is 7.03. The molecule has 0 amide bonds. The van der Waals surface area contributed by atoms with E-state index < -0.39 is 11.7 Å². The first-order valence-corrected chi connectivity index (χ1v) is 6.63. The topological polar surface area (TPSA) is 29.5 Å². The summed E-state index contributed by atoms with van der Waals surface area (Å²) in [4.78, 5) is 0. The summed E-state index contributed by atoms with van der Waals surface area (Å²) in [6, 6.07) is 0. The first kappa shape index (κ1) is 16.5. The van der Waals surface area contributed by atoms with Gasteiger partial charge in [-0.25, -0.2) is 0 Å². The Bertz CT molecular complexity index is 261. The molecule has 0 heterocycles. The fourth-order valence-corrected chi connectivity index (χ4v) is 1.91. The van der Waals surface area contributed by atoms with E-state index >= 15 is 0 Å². The molecular weight excluding hydrogens is 212 g/mol. The lowest BCUT2D eigenvalue weighted by Crippen LogP contribution is -2.43. The van der Waals surface area contributed by atoms with E-state index in [4.69, 9.17) is 4.74 Å². The maximum Gasteiger partial charge on any atom is 0.0944 e. The summed E-state index contributed by atoms with van der Waals surface area (Å²) in [5.74, 6) is 6.23. The van der Waals surface area contributed by atoms with E-state index in [1.807, 2.05) is 6.92 Å². The van der Waals surface area contributed by atoms with E-state index in [-0.39, 0.29) is 5.41 Å². The Hall–Kier alpha value is -0.520. The molecule has 0 saturated carbocycles. The third-order valence-corrected chi connectivity index (χ3v) is 2.99. The van der Waals surface area contributed by atoms with Crippen LogP contribution in [0.4, 0.5) is 0 Å². The van der Waals surface area contributed by atoms with Gasteiger partial charge in [-0.3, -0.25) is 0 Å². The molecule has 0 spiro atoms. The number of aliphatic hydroxyl groups excluding tert-OH is 1. The van der Waals surface area contributed by atoms with E-state index in [0.717, 1.165) is 12.8 Å². The van der Waals surface area contributed by atoms with Crippen LogP contribution in [-0.4, -0.2) is 23.4 Å². The van der Waals surface area contributed by atoms with E-state index in [1.165, 1.54) is 0 Å². The van der Waals surface area contributed by atoms with Crippen LogP contribution in [-0.2, 0) is 4.74 Å². The maximum absolute atomic E-state index is 10.3. The van der Waals surface area contributed by atoms with E-state index in [0.29, 0.717) is 13.0 Å². The van der Waals surface area contributed by atoms with Crippen molar-refractivity contribution in [1.82, 2.24) is 0 Å². The highest BCUT2D eigenvalue weighted by Crippen LogP contribution is 2.26. The van der Waals surface area contributed by atoms with E-state index in [9.17, 15) is 5.11 Å². The molecule has 1 N–H and O–H groups in total. The molecule has 0 aliphatic carbocycles. The van der Waals surface area contributed by atoms with Crippen LogP contribution in [0.25, 0.3) is 0 Å². The number of aliphatic hydroxyl groups is 1. The van der Waals surface area contributed by atoms with Crippen LogP contribution >= 0.6 is 0 Å². The van der Waals surface area contributed by atoms with Crippen LogP contribution in [0.3, 0.4) is 0 Å². The third kappa shape index (κ3) is 5.57. The lowest BCUT2D eigenvalue weighted by atomic mass is 9.88. The van der Waals surface area contributed by atoms with Gasteiger partial charge in [0.1, 0.15) is 0 Å². The standard InChI is InChI=1S/C15H28O2/c1-7-15(8-2,17-9-3)13(16)11-10-12-14(4,5)6/h13,16H,7-9,11H2,1-6H3. The number of hydrogen-bond donors (Lipinski definition) is 1. The van der Waals surface area contributed by atoms with Crippen molar-refractivity contribution in [3.8, 4) is 11.8 Å². The zero-order chi connectivity index (χ0) is 13.5. The van der Waals surface area contributed by atoms with Crippen LogP contribution in [0.2, 0.25) is 0 Å². The molecule has 0 aliphatic heterocycles. The number of rotatable bonds is 6. The molecule has 100 valence electrons. The fourth-order valence-electron chi connectivity index (χ4n) is 1.91. The Balaban J connectivity index is 4.62. The largest absolute Gasteiger partial charge is 0.389 e. The van der Waals surface area contributed by atoms with E-state index in [1.54, 1.807) is 0 Å². The molecule has 0 aromatic carbocycles. The Morgan fingerprint density at radius 2 is 1.65 bits per heavy atom. The van der Waals surface area contributed by atoms with Gasteiger partial charge in [0.25, 0.3) is 0 Å². The van der Waals surface area contributed by atoms with Gasteiger partial charge >= 0.3 is 0 Å². The van der Waals surface area contributed by atoms with Gasteiger partial charge in [0.05, 0.1) is 11.7 Å². The fraction of sp³-hybridized carbons (Fsp3) is 0.867. The Morgan fingerprint density at radius 3 is 2.00 bits per heavy atom. The quantitative estimate of drug-likeness (QED) is 0.721. The molecular formula is C15H28O2. The van der Waals surface area contributed by atoms with Crippen LogP contribution in [0.5, 0.6) is 0 Å². The van der Waals surface area contributed by atoms with E-state index in [2.05, 4.69) is 46.5 Å². The van der Waals surface area contributed by atoms with Crippen molar-refractivity contribution in [2.24, 2.45) is 5.41 Å². The number of ether oxygens (including phenoxy) is 1. The third-order valence-electron chi connectivity index (χ3n) is 2.99. The zero-order valence-electron chi connectivity index (χ0n) is 12.3. The zero-order valence-corrected chi connectivity index (χ0v) is 12.3. The summed E-state index contributed by atoms with van der Waals surface area (Å²) in [5.41, 5.74) is -0.437. The van der Waals surface area contributed by atoms with Gasteiger partial charge in [0, 0.05) is 18.4 Å². The molecule has 0 aromatic rings. The lowest BCUT2D eigenvalue weighted by Gasteiger charge is -2.35. The molecule has 1 unspecified atom stereocenters. The Labute approximate surface area is 107 Å². The molecule has 2 heteroatoms. The van der Waals surface area contributed by atoms with Crippen molar-refractivity contribution in [3.63, 3.8) is 0 Å². The lowest BCUT2D eigenvalue weighted by molar-refractivity contribution is -0.123. The molecule has 0 fully saturated rings. The first-order chi connectivity index (χ1) is 7.81. The highest BCUT2D eigenvalue weighted by atomic mass is 16.5. The Morgan fingerprint density at radius 1 is 1.12 bits per heavy atom. The SMILES string of the molecule is CCOC(CC)(CC)C(O)CC#CC(C)(C)C. The van der Waals surface area contributed by atoms with Gasteiger partial charge in [-0.1, -0.05) is 25.7 Å². The molecule has 17 heavy (non-hydrogen) atoms. The summed E-state index contributed by atoms with van der Waals surface area (Å²) < 4.78 is 5.75.